The molecule has 0 radical (unpaired) electrons. The molecule has 136 valence electrons. The third-order valence-electron chi connectivity index (χ3n) is 3.73. The molecular weight excluding hydrogens is 380 g/mol. The highest BCUT2D eigenvalue weighted by Crippen LogP contribution is 2.27. The number of carbonyl (C=O) groups excluding carboxylic acids is 1. The third-order valence-corrected chi connectivity index (χ3v) is 5.64. The predicted molar refractivity (Wildman–Crippen MR) is 107 cm³/mol. The number of amides is 1. The van der Waals surface area contributed by atoms with Crippen LogP contribution in [0.4, 0.5) is 5.69 Å². The van der Waals surface area contributed by atoms with Gasteiger partial charge in [0.25, 0.3) is 5.22 Å². The molecule has 1 amide bonds. The molecule has 0 aliphatic heterocycles. The first-order chi connectivity index (χ1) is 13.2. The summed E-state index contributed by atoms with van der Waals surface area (Å²) in [5.74, 6) is 0.128. The van der Waals surface area contributed by atoms with Gasteiger partial charge in [-0.25, -0.2) is 9.97 Å². The standard InChI is InChI=1S/C19H16N4O2S2/c1-23-11-10-20-18(23)27-14-8-6-13(7-9-14)21-17(24)12-26-19-22-15-4-2-3-5-16(15)25-19/h2-11H,12H2,1H3,(H,21,24). The van der Waals surface area contributed by atoms with Crippen molar-refractivity contribution in [3.8, 4) is 0 Å². The molecule has 0 aliphatic rings. The lowest BCUT2D eigenvalue weighted by molar-refractivity contribution is -0.113. The highest BCUT2D eigenvalue weighted by Gasteiger charge is 2.10. The minimum Gasteiger partial charge on any atom is -0.431 e. The summed E-state index contributed by atoms with van der Waals surface area (Å²) >= 11 is 2.85. The van der Waals surface area contributed by atoms with Gasteiger partial charge in [0.1, 0.15) is 5.52 Å². The molecule has 4 rings (SSSR count). The van der Waals surface area contributed by atoms with E-state index in [4.69, 9.17) is 4.42 Å². The second kappa shape index (κ2) is 7.89. The van der Waals surface area contributed by atoms with Crippen LogP contribution in [-0.4, -0.2) is 26.2 Å². The predicted octanol–water partition coefficient (Wildman–Crippen LogP) is 4.44. The molecule has 0 bridgehead atoms. The lowest BCUT2D eigenvalue weighted by Gasteiger charge is -2.06. The summed E-state index contributed by atoms with van der Waals surface area (Å²) in [7, 11) is 1.96. The Bertz CT molecular complexity index is 1040. The fourth-order valence-corrected chi connectivity index (χ4v) is 3.84. The number of aryl methyl sites for hydroxylation is 1. The molecule has 1 N–H and O–H groups in total. The van der Waals surface area contributed by atoms with Gasteiger partial charge in [-0.3, -0.25) is 4.79 Å². The van der Waals surface area contributed by atoms with E-state index in [2.05, 4.69) is 15.3 Å². The van der Waals surface area contributed by atoms with Gasteiger partial charge >= 0.3 is 0 Å². The zero-order valence-corrected chi connectivity index (χ0v) is 16.1. The minimum atomic E-state index is -0.105. The van der Waals surface area contributed by atoms with Gasteiger partial charge in [-0.2, -0.15) is 0 Å². The molecule has 0 saturated heterocycles. The maximum atomic E-state index is 12.2. The van der Waals surface area contributed by atoms with Crippen LogP contribution in [0, 0.1) is 0 Å². The molecule has 0 fully saturated rings. The number of aromatic nitrogens is 3. The van der Waals surface area contributed by atoms with E-state index in [-0.39, 0.29) is 11.7 Å². The highest BCUT2D eigenvalue weighted by molar-refractivity contribution is 7.99. The molecular formula is C19H16N4O2S2. The van der Waals surface area contributed by atoms with Crippen molar-refractivity contribution in [3.63, 3.8) is 0 Å². The molecule has 0 unspecified atom stereocenters. The van der Waals surface area contributed by atoms with Crippen LogP contribution >= 0.6 is 23.5 Å². The van der Waals surface area contributed by atoms with Crippen LogP contribution in [0.5, 0.6) is 0 Å². The number of para-hydroxylation sites is 2. The Kier molecular flexibility index (Phi) is 5.17. The van der Waals surface area contributed by atoms with Crippen LogP contribution in [0.2, 0.25) is 0 Å². The van der Waals surface area contributed by atoms with E-state index >= 15 is 0 Å². The number of nitrogens with one attached hydrogen (secondary N) is 1. The van der Waals surface area contributed by atoms with Crippen molar-refractivity contribution in [1.82, 2.24) is 14.5 Å². The molecule has 2 aromatic heterocycles. The number of anilines is 1. The van der Waals surface area contributed by atoms with E-state index in [9.17, 15) is 4.79 Å². The van der Waals surface area contributed by atoms with Crippen molar-refractivity contribution in [2.75, 3.05) is 11.1 Å². The SMILES string of the molecule is Cn1ccnc1Sc1ccc(NC(=O)CSc2nc3ccccc3o2)cc1. The summed E-state index contributed by atoms with van der Waals surface area (Å²) in [6.07, 6.45) is 3.68. The van der Waals surface area contributed by atoms with Gasteiger partial charge in [0.05, 0.1) is 5.75 Å². The first kappa shape index (κ1) is 17.7. The van der Waals surface area contributed by atoms with E-state index < -0.39 is 0 Å². The van der Waals surface area contributed by atoms with Crippen LogP contribution in [0.25, 0.3) is 11.1 Å². The van der Waals surface area contributed by atoms with E-state index in [1.807, 2.05) is 66.3 Å². The third kappa shape index (κ3) is 4.35. The average Bonchev–Trinajstić information content (AvgIpc) is 3.27. The fraction of sp³-hybridized carbons (Fsp3) is 0.105. The van der Waals surface area contributed by atoms with Crippen molar-refractivity contribution >= 4 is 46.2 Å². The topological polar surface area (TPSA) is 73.0 Å². The molecule has 6 nitrogen and oxygen atoms in total. The Hall–Kier alpha value is -2.71. The first-order valence-corrected chi connectivity index (χ1v) is 10.0. The number of carbonyl (C=O) groups is 1. The Morgan fingerprint density at radius 2 is 2.00 bits per heavy atom. The number of benzene rings is 2. The van der Waals surface area contributed by atoms with Crippen molar-refractivity contribution in [1.29, 1.82) is 0 Å². The zero-order valence-electron chi connectivity index (χ0n) is 14.5. The number of nitrogens with zero attached hydrogens (tertiary/aromatic N) is 3. The normalized spacial score (nSPS) is 11.0. The lowest BCUT2D eigenvalue weighted by atomic mass is 10.3. The van der Waals surface area contributed by atoms with Crippen LogP contribution in [0.15, 0.2) is 80.6 Å². The van der Waals surface area contributed by atoms with Crippen molar-refractivity contribution in [3.05, 3.63) is 60.9 Å². The van der Waals surface area contributed by atoms with Gasteiger partial charge in [-0.1, -0.05) is 35.7 Å². The first-order valence-electron chi connectivity index (χ1n) is 8.21. The van der Waals surface area contributed by atoms with E-state index in [0.29, 0.717) is 5.22 Å². The van der Waals surface area contributed by atoms with Gasteiger partial charge < -0.3 is 14.3 Å². The Balaban J connectivity index is 1.31. The van der Waals surface area contributed by atoms with Crippen molar-refractivity contribution in [2.45, 2.75) is 15.3 Å². The summed E-state index contributed by atoms with van der Waals surface area (Å²) in [6, 6.07) is 15.2. The molecule has 4 aromatic rings. The Labute approximate surface area is 164 Å². The molecule has 0 aliphatic carbocycles. The second-order valence-electron chi connectivity index (χ2n) is 5.73. The number of oxazole rings is 1. The number of thioether (sulfide) groups is 1. The summed E-state index contributed by atoms with van der Waals surface area (Å²) in [5.41, 5.74) is 2.27. The minimum absolute atomic E-state index is 0.105. The highest BCUT2D eigenvalue weighted by atomic mass is 32.2. The van der Waals surface area contributed by atoms with Gasteiger partial charge in [0.15, 0.2) is 10.7 Å². The average molecular weight is 396 g/mol. The van der Waals surface area contributed by atoms with Gasteiger partial charge in [0.2, 0.25) is 5.91 Å². The molecule has 2 aromatic carbocycles. The molecule has 0 saturated carbocycles. The monoisotopic (exact) mass is 396 g/mol. The molecule has 0 atom stereocenters. The molecule has 2 heterocycles. The number of hydrogen-bond donors (Lipinski definition) is 1. The van der Waals surface area contributed by atoms with Crippen LogP contribution in [-0.2, 0) is 11.8 Å². The smallest absolute Gasteiger partial charge is 0.257 e. The maximum Gasteiger partial charge on any atom is 0.257 e. The second-order valence-corrected chi connectivity index (χ2v) is 7.70. The molecule has 27 heavy (non-hydrogen) atoms. The fourth-order valence-electron chi connectivity index (χ4n) is 2.40. The van der Waals surface area contributed by atoms with E-state index in [0.717, 1.165) is 26.8 Å². The number of hydrogen-bond acceptors (Lipinski definition) is 6. The maximum absolute atomic E-state index is 12.2. The number of imidazole rings is 1. The number of fused-ring (bicyclic) bond motifs is 1. The van der Waals surface area contributed by atoms with Crippen LogP contribution in [0.1, 0.15) is 0 Å². The van der Waals surface area contributed by atoms with Gasteiger partial charge in [0, 0.05) is 30.0 Å². The lowest BCUT2D eigenvalue weighted by Crippen LogP contribution is -2.13. The zero-order chi connectivity index (χ0) is 18.6. The quantitative estimate of drug-likeness (QED) is 0.486. The summed E-state index contributed by atoms with van der Waals surface area (Å²) in [4.78, 5) is 21.9. The summed E-state index contributed by atoms with van der Waals surface area (Å²) in [5, 5.41) is 4.30. The Morgan fingerprint density at radius 1 is 1.19 bits per heavy atom. The Morgan fingerprint density at radius 3 is 2.74 bits per heavy atom. The van der Waals surface area contributed by atoms with Crippen LogP contribution < -0.4 is 5.32 Å². The van der Waals surface area contributed by atoms with E-state index in [1.54, 1.807) is 18.0 Å². The van der Waals surface area contributed by atoms with E-state index in [1.165, 1.54) is 11.8 Å². The van der Waals surface area contributed by atoms with Crippen molar-refractivity contribution < 1.29 is 9.21 Å². The summed E-state index contributed by atoms with van der Waals surface area (Å²) in [6.45, 7) is 0. The van der Waals surface area contributed by atoms with Crippen LogP contribution in [0.3, 0.4) is 0 Å². The van der Waals surface area contributed by atoms with Gasteiger partial charge in [-0.05, 0) is 36.4 Å². The number of rotatable bonds is 6. The van der Waals surface area contributed by atoms with Gasteiger partial charge in [-0.15, -0.1) is 0 Å². The summed E-state index contributed by atoms with van der Waals surface area (Å²) < 4.78 is 7.57. The largest absolute Gasteiger partial charge is 0.431 e. The molecule has 8 heteroatoms. The van der Waals surface area contributed by atoms with Crippen molar-refractivity contribution in [2.24, 2.45) is 7.05 Å². The molecule has 0 spiro atoms.